The first-order chi connectivity index (χ1) is 11.8. The maximum absolute atomic E-state index is 4.14. The van der Waals surface area contributed by atoms with Gasteiger partial charge >= 0.3 is 0 Å². The van der Waals surface area contributed by atoms with E-state index in [0.29, 0.717) is 12.1 Å². The van der Waals surface area contributed by atoms with Gasteiger partial charge in [-0.05, 0) is 76.1 Å². The summed E-state index contributed by atoms with van der Waals surface area (Å²) in [6.07, 6.45) is 12.8. The predicted molar refractivity (Wildman–Crippen MR) is 105 cm³/mol. The minimum Gasteiger partial charge on any atom is -0.299 e. The lowest BCUT2D eigenvalue weighted by molar-refractivity contribution is 0.317. The molecule has 4 rings (SSSR count). The predicted octanol–water partition coefficient (Wildman–Crippen LogP) is 4.12. The van der Waals surface area contributed by atoms with Crippen LogP contribution < -0.4 is 0 Å². The van der Waals surface area contributed by atoms with Crippen molar-refractivity contribution in [3.63, 3.8) is 0 Å². The van der Waals surface area contributed by atoms with E-state index in [1.807, 2.05) is 36.9 Å². The molecule has 0 aromatic carbocycles. The number of hydrogen-bond donors (Lipinski definition) is 0. The molecule has 2 saturated heterocycles. The van der Waals surface area contributed by atoms with Crippen molar-refractivity contribution in [1.82, 2.24) is 19.8 Å². The van der Waals surface area contributed by atoms with Gasteiger partial charge in [-0.2, -0.15) is 0 Å². The third kappa shape index (κ3) is 5.24. The Hall–Kier alpha value is -1.49. The summed E-state index contributed by atoms with van der Waals surface area (Å²) in [6.45, 7) is 2.44. The Morgan fingerprint density at radius 2 is 1.24 bits per heavy atom. The van der Waals surface area contributed by atoms with Crippen molar-refractivity contribution in [1.29, 1.82) is 0 Å². The first-order valence-corrected chi connectivity index (χ1v) is 8.96. The van der Waals surface area contributed by atoms with Crippen LogP contribution in [0.2, 0.25) is 0 Å². The third-order valence-electron chi connectivity index (χ3n) is 5.18. The Kier molecular flexibility index (Phi) is 7.82. The van der Waals surface area contributed by atoms with E-state index < -0.39 is 0 Å². The molecule has 136 valence electrons. The zero-order chi connectivity index (χ0) is 16.8. The van der Waals surface area contributed by atoms with Gasteiger partial charge in [-0.3, -0.25) is 19.8 Å². The van der Waals surface area contributed by atoms with E-state index in [4.69, 9.17) is 0 Å². The summed E-state index contributed by atoms with van der Waals surface area (Å²) in [7, 11) is 4.37. The topological polar surface area (TPSA) is 32.3 Å². The molecule has 25 heavy (non-hydrogen) atoms. The summed E-state index contributed by atoms with van der Waals surface area (Å²) in [4.78, 5) is 13.1. The first kappa shape index (κ1) is 19.8. The monoisotopic (exact) mass is 360 g/mol. The van der Waals surface area contributed by atoms with E-state index in [1.54, 1.807) is 0 Å². The summed E-state index contributed by atoms with van der Waals surface area (Å²) in [6, 6.07) is 9.58. The summed E-state index contributed by atoms with van der Waals surface area (Å²) in [5.41, 5.74) is 2.72. The van der Waals surface area contributed by atoms with Crippen LogP contribution in [0.25, 0.3) is 0 Å². The molecule has 0 spiro atoms. The number of halogens is 1. The molecule has 0 amide bonds. The average molecular weight is 361 g/mol. The van der Waals surface area contributed by atoms with Crippen LogP contribution in [0.3, 0.4) is 0 Å². The number of aromatic nitrogens is 2. The molecule has 4 nitrogen and oxygen atoms in total. The highest BCUT2D eigenvalue weighted by Gasteiger charge is 2.22. The fraction of sp³-hybridized carbons (Fsp3) is 0.500. The Bertz CT molecular complexity index is 552. The van der Waals surface area contributed by atoms with E-state index in [0.717, 1.165) is 0 Å². The Balaban J connectivity index is 0.000000173. The lowest BCUT2D eigenvalue weighted by atomic mass is 10.1. The van der Waals surface area contributed by atoms with Crippen LogP contribution >= 0.6 is 12.4 Å². The van der Waals surface area contributed by atoms with Gasteiger partial charge < -0.3 is 0 Å². The zero-order valence-corrected chi connectivity index (χ0v) is 16.0. The minimum absolute atomic E-state index is 0. The van der Waals surface area contributed by atoms with Gasteiger partial charge in [0.2, 0.25) is 0 Å². The Morgan fingerprint density at radius 3 is 1.52 bits per heavy atom. The van der Waals surface area contributed by atoms with Gasteiger partial charge in [-0.25, -0.2) is 0 Å². The Morgan fingerprint density at radius 1 is 0.800 bits per heavy atom. The average Bonchev–Trinajstić information content (AvgIpc) is 3.25. The molecule has 0 radical (unpaired) electrons. The van der Waals surface area contributed by atoms with Crippen molar-refractivity contribution in [2.24, 2.45) is 0 Å². The number of nitrogens with zero attached hydrogens (tertiary/aromatic N) is 4. The van der Waals surface area contributed by atoms with Gasteiger partial charge in [0, 0.05) is 36.9 Å². The quantitative estimate of drug-likeness (QED) is 0.806. The van der Waals surface area contributed by atoms with Crippen molar-refractivity contribution in [3.8, 4) is 0 Å². The lowest BCUT2D eigenvalue weighted by Gasteiger charge is -2.18. The fourth-order valence-corrected chi connectivity index (χ4v) is 3.81. The van der Waals surface area contributed by atoms with E-state index in [1.165, 1.54) is 49.9 Å². The molecular weight excluding hydrogens is 332 g/mol. The number of likely N-dealkylation sites (tertiary alicyclic amines) is 2. The van der Waals surface area contributed by atoms with E-state index in [-0.39, 0.29) is 12.4 Å². The molecular formula is C20H29ClN4. The molecule has 2 aromatic rings. The van der Waals surface area contributed by atoms with E-state index in [9.17, 15) is 0 Å². The molecule has 2 unspecified atom stereocenters. The fourth-order valence-electron chi connectivity index (χ4n) is 3.81. The summed E-state index contributed by atoms with van der Waals surface area (Å²) in [5.74, 6) is 0. The van der Waals surface area contributed by atoms with Gasteiger partial charge in [0.1, 0.15) is 0 Å². The summed E-state index contributed by atoms with van der Waals surface area (Å²) >= 11 is 0. The van der Waals surface area contributed by atoms with Crippen LogP contribution in [0, 0.1) is 0 Å². The number of rotatable bonds is 2. The van der Waals surface area contributed by atoms with Gasteiger partial charge in [-0.15, -0.1) is 12.4 Å². The van der Waals surface area contributed by atoms with Crippen LogP contribution in [0.4, 0.5) is 0 Å². The van der Waals surface area contributed by atoms with Gasteiger partial charge in [0.25, 0.3) is 0 Å². The van der Waals surface area contributed by atoms with Crippen molar-refractivity contribution in [3.05, 3.63) is 60.2 Å². The SMILES string of the molecule is CN1CCCC1c1cccnc1.CN1CCCC1c1cccnc1.Cl. The van der Waals surface area contributed by atoms with Crippen molar-refractivity contribution in [2.45, 2.75) is 37.8 Å². The molecule has 4 heterocycles. The maximum Gasteiger partial charge on any atom is 0.0360 e. The normalized spacial score (nSPS) is 23.6. The van der Waals surface area contributed by atoms with Crippen LogP contribution in [0.15, 0.2) is 49.1 Å². The second-order valence-electron chi connectivity index (χ2n) is 6.85. The molecule has 2 aliphatic heterocycles. The zero-order valence-electron chi connectivity index (χ0n) is 15.2. The molecule has 2 atom stereocenters. The molecule has 0 N–H and O–H groups in total. The number of hydrogen-bond acceptors (Lipinski definition) is 4. The maximum atomic E-state index is 4.14. The number of pyridine rings is 2. The standard InChI is InChI=1S/2C10H14N2.ClH/c2*1-12-7-3-5-10(12)9-4-2-6-11-8-9;/h2*2,4,6,8,10H,3,5,7H2,1H3;1H. The summed E-state index contributed by atoms with van der Waals surface area (Å²) in [5, 5.41) is 0. The van der Waals surface area contributed by atoms with Crippen molar-refractivity contribution < 1.29 is 0 Å². The van der Waals surface area contributed by atoms with Gasteiger partial charge in [-0.1, -0.05) is 12.1 Å². The molecule has 0 aliphatic carbocycles. The highest BCUT2D eigenvalue weighted by molar-refractivity contribution is 5.85. The van der Waals surface area contributed by atoms with Gasteiger partial charge in [0.15, 0.2) is 0 Å². The summed E-state index contributed by atoms with van der Waals surface area (Å²) < 4.78 is 0. The second-order valence-corrected chi connectivity index (χ2v) is 6.85. The molecule has 2 aliphatic rings. The van der Waals surface area contributed by atoms with Crippen molar-refractivity contribution in [2.75, 3.05) is 27.2 Å². The molecule has 2 fully saturated rings. The molecule has 0 bridgehead atoms. The lowest BCUT2D eigenvalue weighted by Crippen LogP contribution is -2.17. The van der Waals surface area contributed by atoms with Crippen LogP contribution in [0.1, 0.15) is 48.9 Å². The smallest absolute Gasteiger partial charge is 0.0360 e. The molecule has 5 heteroatoms. The van der Waals surface area contributed by atoms with Crippen LogP contribution in [-0.4, -0.2) is 47.0 Å². The third-order valence-corrected chi connectivity index (χ3v) is 5.18. The van der Waals surface area contributed by atoms with Crippen LogP contribution in [-0.2, 0) is 0 Å². The minimum atomic E-state index is 0. The highest BCUT2D eigenvalue weighted by atomic mass is 35.5. The highest BCUT2D eigenvalue weighted by Crippen LogP contribution is 2.30. The van der Waals surface area contributed by atoms with Crippen LogP contribution in [0.5, 0.6) is 0 Å². The second kappa shape index (κ2) is 9.85. The Labute approximate surface area is 157 Å². The molecule has 0 saturated carbocycles. The largest absolute Gasteiger partial charge is 0.299 e. The first-order valence-electron chi connectivity index (χ1n) is 8.96. The van der Waals surface area contributed by atoms with Crippen molar-refractivity contribution >= 4 is 12.4 Å². The van der Waals surface area contributed by atoms with Gasteiger partial charge in [0.05, 0.1) is 0 Å². The van der Waals surface area contributed by atoms with E-state index in [2.05, 4.69) is 46.0 Å². The molecule has 2 aromatic heterocycles. The van der Waals surface area contributed by atoms with E-state index >= 15 is 0 Å².